The first-order valence-electron chi connectivity index (χ1n) is 16.0. The lowest BCUT2D eigenvalue weighted by Crippen LogP contribution is -2.43. The number of rotatable bonds is 13. The Labute approximate surface area is 277 Å². The quantitative estimate of drug-likeness (QED) is 0.105. The standard InChI is InChI=1S/C34H37N7O7/c1-2-3-13-30-35-34(18-6-7-19-34)32(42)39(30)21-24-14-16-26(17-15-24)28-11-4-5-12-29(28)31-36-38-40(37-31)23-46-33(43)48-27-10-8-9-25(20-27)22-47-41(44)45/h4-5,8-12,14-17,20,38H,2-3,6-7,13,18-19,21-23H2,1H3,(H,36,37). The molecule has 2 heterocycles. The summed E-state index contributed by atoms with van der Waals surface area (Å²) < 4.78 is 10.4. The number of unbranched alkanes of at least 4 members (excludes halogenated alkanes) is 1. The highest BCUT2D eigenvalue weighted by atomic mass is 16.9. The van der Waals surface area contributed by atoms with E-state index in [0.29, 0.717) is 17.9 Å². The van der Waals surface area contributed by atoms with Gasteiger partial charge in [-0.1, -0.05) is 92.0 Å². The van der Waals surface area contributed by atoms with E-state index in [1.54, 1.807) is 12.1 Å². The second-order valence-corrected chi connectivity index (χ2v) is 11.9. The molecule has 48 heavy (non-hydrogen) atoms. The van der Waals surface area contributed by atoms with Gasteiger partial charge in [-0.3, -0.25) is 20.1 Å². The number of amidine groups is 2. The van der Waals surface area contributed by atoms with Gasteiger partial charge in [0.05, 0.1) is 6.54 Å². The van der Waals surface area contributed by atoms with E-state index < -0.39 is 16.8 Å². The molecule has 0 unspecified atom stereocenters. The van der Waals surface area contributed by atoms with E-state index in [1.165, 1.54) is 17.3 Å². The topological polar surface area (TPSA) is 160 Å². The van der Waals surface area contributed by atoms with Crippen LogP contribution in [0.15, 0.2) is 82.9 Å². The van der Waals surface area contributed by atoms with Gasteiger partial charge in [0.15, 0.2) is 12.6 Å². The smallest absolute Gasteiger partial charge is 0.414 e. The van der Waals surface area contributed by atoms with Gasteiger partial charge in [0.2, 0.25) is 0 Å². The Balaban J connectivity index is 1.05. The maximum absolute atomic E-state index is 13.6. The maximum atomic E-state index is 13.6. The van der Waals surface area contributed by atoms with Crippen molar-refractivity contribution in [3.05, 3.63) is 99.6 Å². The highest BCUT2D eigenvalue weighted by molar-refractivity contribution is 6.08. The summed E-state index contributed by atoms with van der Waals surface area (Å²) in [5.41, 5.74) is 9.54. The van der Waals surface area contributed by atoms with Crippen molar-refractivity contribution in [3.63, 3.8) is 0 Å². The molecule has 250 valence electrons. The van der Waals surface area contributed by atoms with Crippen molar-refractivity contribution >= 4 is 23.7 Å². The monoisotopic (exact) mass is 655 g/mol. The van der Waals surface area contributed by atoms with Gasteiger partial charge in [-0.15, -0.1) is 15.2 Å². The third-order valence-corrected chi connectivity index (χ3v) is 8.54. The van der Waals surface area contributed by atoms with Crippen molar-refractivity contribution < 1.29 is 29.0 Å². The van der Waals surface area contributed by atoms with Crippen LogP contribution in [0.4, 0.5) is 4.79 Å². The van der Waals surface area contributed by atoms with Crippen molar-refractivity contribution in [1.29, 1.82) is 0 Å². The number of hydrogen-bond donors (Lipinski definition) is 2. The first-order chi connectivity index (χ1) is 23.3. The molecule has 0 radical (unpaired) electrons. The number of nitrogens with zero attached hydrogens (tertiary/aromatic N) is 5. The molecule has 0 aromatic heterocycles. The third-order valence-electron chi connectivity index (χ3n) is 8.54. The Morgan fingerprint density at radius 2 is 1.79 bits per heavy atom. The molecular weight excluding hydrogens is 618 g/mol. The van der Waals surface area contributed by atoms with Crippen LogP contribution in [0.3, 0.4) is 0 Å². The Kier molecular flexibility index (Phi) is 9.80. The SMILES string of the molecule is CCCCC1=NC2(CCCC2)C(=O)N1Cc1ccc(-c2ccccc2C2=NNN(COC(=O)Oc3cccc(CO[N+](=O)[O-])c3)N2)cc1. The van der Waals surface area contributed by atoms with E-state index in [9.17, 15) is 19.7 Å². The van der Waals surface area contributed by atoms with E-state index in [-0.39, 0.29) is 25.0 Å². The summed E-state index contributed by atoms with van der Waals surface area (Å²) in [6, 6.07) is 22.1. The molecule has 1 aliphatic carbocycles. The molecule has 1 fully saturated rings. The highest BCUT2D eigenvalue weighted by Crippen LogP contribution is 2.40. The molecule has 0 saturated heterocycles. The van der Waals surface area contributed by atoms with Gasteiger partial charge in [-0.05, 0) is 53.6 Å². The number of nitrogens with one attached hydrogen (secondary N) is 2. The summed E-state index contributed by atoms with van der Waals surface area (Å²) in [5.74, 6) is 1.74. The zero-order valence-corrected chi connectivity index (χ0v) is 26.6. The number of hydrazine groups is 2. The number of ether oxygens (including phenoxy) is 2. The van der Waals surface area contributed by atoms with E-state index >= 15 is 0 Å². The van der Waals surface area contributed by atoms with Gasteiger partial charge in [-0.2, -0.15) is 0 Å². The highest BCUT2D eigenvalue weighted by Gasteiger charge is 2.49. The number of hydrogen-bond acceptors (Lipinski definition) is 12. The average molecular weight is 656 g/mol. The predicted molar refractivity (Wildman–Crippen MR) is 175 cm³/mol. The molecule has 2 aliphatic heterocycles. The number of carbonyl (C=O) groups is 2. The molecule has 6 rings (SSSR count). The number of aliphatic imine (C=N–C) groups is 1. The summed E-state index contributed by atoms with van der Waals surface area (Å²) in [5, 5.41) is 15.3. The Hall–Kier alpha value is -5.50. The molecule has 0 atom stereocenters. The molecule has 3 aromatic rings. The van der Waals surface area contributed by atoms with Crippen LogP contribution < -0.4 is 15.7 Å². The van der Waals surface area contributed by atoms with E-state index in [4.69, 9.17) is 14.5 Å². The summed E-state index contributed by atoms with van der Waals surface area (Å²) in [6.45, 7) is 2.14. The van der Waals surface area contributed by atoms with Gasteiger partial charge in [-0.25, -0.2) is 10.3 Å². The molecule has 1 spiro atoms. The lowest BCUT2D eigenvalue weighted by Gasteiger charge is -2.23. The van der Waals surface area contributed by atoms with Gasteiger partial charge in [0.1, 0.15) is 23.7 Å². The number of benzene rings is 3. The van der Waals surface area contributed by atoms with E-state index in [2.05, 4.69) is 40.0 Å². The zero-order valence-electron chi connectivity index (χ0n) is 26.6. The molecular formula is C34H37N7O7. The average Bonchev–Trinajstić information content (AvgIpc) is 3.83. The molecule has 3 aliphatic rings. The summed E-state index contributed by atoms with van der Waals surface area (Å²) in [4.78, 5) is 47.5. The van der Waals surface area contributed by atoms with E-state index in [0.717, 1.165) is 73.0 Å². The lowest BCUT2D eigenvalue weighted by atomic mass is 9.97. The van der Waals surface area contributed by atoms with Crippen LogP contribution >= 0.6 is 0 Å². The first-order valence-corrected chi connectivity index (χ1v) is 16.0. The van der Waals surface area contributed by atoms with Crippen LogP contribution in [-0.4, -0.2) is 51.1 Å². The summed E-state index contributed by atoms with van der Waals surface area (Å²) >= 11 is 0. The van der Waals surface area contributed by atoms with Crippen LogP contribution in [0.1, 0.15) is 68.6 Å². The van der Waals surface area contributed by atoms with Crippen molar-refractivity contribution in [2.75, 3.05) is 6.73 Å². The minimum atomic E-state index is -0.974. The van der Waals surface area contributed by atoms with E-state index in [1.807, 2.05) is 41.3 Å². The zero-order chi connectivity index (χ0) is 33.5. The number of amides is 1. The molecule has 2 N–H and O–H groups in total. The Morgan fingerprint density at radius 3 is 2.54 bits per heavy atom. The van der Waals surface area contributed by atoms with Crippen LogP contribution in [0.2, 0.25) is 0 Å². The molecule has 0 bridgehead atoms. The van der Waals surface area contributed by atoms with Gasteiger partial charge in [0, 0.05) is 12.0 Å². The van der Waals surface area contributed by atoms with Crippen LogP contribution in [0.25, 0.3) is 11.1 Å². The molecule has 1 saturated carbocycles. The van der Waals surface area contributed by atoms with Gasteiger partial charge >= 0.3 is 6.16 Å². The predicted octanol–water partition coefficient (Wildman–Crippen LogP) is 5.47. The molecule has 1 amide bonds. The van der Waals surface area contributed by atoms with Crippen molar-refractivity contribution in [1.82, 2.24) is 21.0 Å². The molecule has 14 nitrogen and oxygen atoms in total. The first kappa shape index (κ1) is 32.4. The van der Waals surface area contributed by atoms with Crippen LogP contribution in [0.5, 0.6) is 5.75 Å². The normalized spacial score (nSPS) is 16.7. The van der Waals surface area contributed by atoms with Crippen molar-refractivity contribution in [3.8, 4) is 16.9 Å². The third kappa shape index (κ3) is 7.39. The lowest BCUT2D eigenvalue weighted by molar-refractivity contribution is -0.763. The fourth-order valence-electron chi connectivity index (χ4n) is 6.15. The van der Waals surface area contributed by atoms with Crippen LogP contribution in [-0.2, 0) is 27.5 Å². The van der Waals surface area contributed by atoms with Crippen molar-refractivity contribution in [2.24, 2.45) is 10.1 Å². The second-order valence-electron chi connectivity index (χ2n) is 11.9. The minimum absolute atomic E-state index is 0.148. The minimum Gasteiger partial charge on any atom is -0.414 e. The van der Waals surface area contributed by atoms with Crippen molar-refractivity contribution in [2.45, 2.75) is 70.6 Å². The fraction of sp³-hybridized carbons (Fsp3) is 0.353. The molecule has 3 aromatic carbocycles. The Bertz CT molecular complexity index is 1720. The Morgan fingerprint density at radius 1 is 1.02 bits per heavy atom. The maximum Gasteiger partial charge on any atom is 0.515 e. The summed E-state index contributed by atoms with van der Waals surface area (Å²) in [7, 11) is 0. The summed E-state index contributed by atoms with van der Waals surface area (Å²) in [6.07, 6.45) is 5.69. The second kappa shape index (κ2) is 14.5. The number of carbonyl (C=O) groups excluding carboxylic acids is 2. The van der Waals surface area contributed by atoms with Gasteiger partial charge < -0.3 is 14.3 Å². The fourth-order valence-corrected chi connectivity index (χ4v) is 6.15. The molecule has 14 heteroatoms. The largest absolute Gasteiger partial charge is 0.515 e. The van der Waals surface area contributed by atoms with Crippen LogP contribution in [0, 0.1) is 10.1 Å². The number of hydrazone groups is 1. The van der Waals surface area contributed by atoms with Gasteiger partial charge in [0.25, 0.3) is 11.0 Å².